The van der Waals surface area contributed by atoms with Crippen molar-refractivity contribution in [2.24, 2.45) is 7.05 Å². The molecule has 6 nitrogen and oxygen atoms in total. The number of nitrogens with zero attached hydrogens (tertiary/aromatic N) is 4. The maximum Gasteiger partial charge on any atom is 0.255 e. The van der Waals surface area contributed by atoms with E-state index < -0.39 is 0 Å². The van der Waals surface area contributed by atoms with Crippen LogP contribution >= 0.6 is 11.6 Å². The van der Waals surface area contributed by atoms with E-state index in [-0.39, 0.29) is 24.3 Å². The maximum atomic E-state index is 14.6. The molecule has 4 rings (SSSR count). The molecule has 1 aliphatic rings. The van der Waals surface area contributed by atoms with Gasteiger partial charge in [-0.05, 0) is 50.2 Å². The van der Waals surface area contributed by atoms with E-state index in [1.54, 1.807) is 48.5 Å². The molecule has 1 atom stereocenters. The molecular weight excluding hydrogens is 405 g/mol. The molecule has 1 saturated heterocycles. The van der Waals surface area contributed by atoms with E-state index in [0.717, 1.165) is 31.5 Å². The van der Waals surface area contributed by atoms with Crippen LogP contribution in [-0.2, 0) is 7.05 Å². The maximum absolute atomic E-state index is 14.6. The zero-order chi connectivity index (χ0) is 21.1. The highest BCUT2D eigenvalue weighted by atomic mass is 35.5. The number of nitrogens with one attached hydrogen (secondary N) is 1. The number of benzene rings is 1. The molecule has 1 N–H and O–H groups in total. The van der Waals surface area contributed by atoms with Crippen LogP contribution in [0.5, 0.6) is 0 Å². The first-order valence-corrected chi connectivity index (χ1v) is 10.3. The van der Waals surface area contributed by atoms with Crippen LogP contribution in [0, 0.1) is 5.82 Å². The quantitative estimate of drug-likeness (QED) is 0.649. The normalized spacial score (nSPS) is 15.3. The molecule has 1 aliphatic heterocycles. The summed E-state index contributed by atoms with van der Waals surface area (Å²) in [5.41, 5.74) is 2.20. The van der Waals surface area contributed by atoms with Crippen LogP contribution < -0.4 is 5.32 Å². The summed E-state index contributed by atoms with van der Waals surface area (Å²) in [4.78, 5) is 19.3. The van der Waals surface area contributed by atoms with Crippen molar-refractivity contribution in [3.63, 3.8) is 0 Å². The van der Waals surface area contributed by atoms with E-state index in [9.17, 15) is 9.18 Å². The molecule has 2 aromatic heterocycles. The third-order valence-electron chi connectivity index (χ3n) is 5.38. The van der Waals surface area contributed by atoms with Gasteiger partial charge in [0, 0.05) is 48.3 Å². The molecule has 0 saturated carbocycles. The summed E-state index contributed by atoms with van der Waals surface area (Å²) in [6, 6.07) is 8.02. The van der Waals surface area contributed by atoms with Crippen molar-refractivity contribution in [2.45, 2.75) is 18.9 Å². The van der Waals surface area contributed by atoms with Gasteiger partial charge in [0.25, 0.3) is 5.91 Å². The molecular formula is C22H23ClFN5O. The molecule has 1 fully saturated rings. The summed E-state index contributed by atoms with van der Waals surface area (Å²) < 4.78 is 16.2. The second kappa shape index (κ2) is 8.93. The molecule has 0 radical (unpaired) electrons. The minimum atomic E-state index is -0.355. The largest absolute Gasteiger partial charge is 0.350 e. The highest BCUT2D eigenvalue weighted by Crippen LogP contribution is 2.32. The van der Waals surface area contributed by atoms with Crippen LogP contribution in [0.1, 0.15) is 34.8 Å². The fourth-order valence-electron chi connectivity index (χ4n) is 3.95. The van der Waals surface area contributed by atoms with Gasteiger partial charge in [-0.3, -0.25) is 19.4 Å². The lowest BCUT2D eigenvalue weighted by Gasteiger charge is -2.29. The van der Waals surface area contributed by atoms with E-state index in [2.05, 4.69) is 20.3 Å². The Kier molecular flexibility index (Phi) is 6.11. The molecule has 1 aromatic carbocycles. The molecule has 8 heteroatoms. The number of carbonyl (C=O) groups excluding carboxylic acids is 1. The van der Waals surface area contributed by atoms with Crippen molar-refractivity contribution in [1.29, 1.82) is 0 Å². The van der Waals surface area contributed by atoms with Crippen LogP contribution in [0.25, 0.3) is 11.3 Å². The van der Waals surface area contributed by atoms with E-state index in [1.807, 2.05) is 6.07 Å². The number of carbonyl (C=O) groups is 1. The molecule has 0 spiro atoms. The predicted molar refractivity (Wildman–Crippen MR) is 114 cm³/mol. The number of hydrogen-bond acceptors (Lipinski definition) is 4. The molecule has 0 bridgehead atoms. The van der Waals surface area contributed by atoms with Gasteiger partial charge >= 0.3 is 0 Å². The molecule has 1 amide bonds. The van der Waals surface area contributed by atoms with Gasteiger partial charge in [-0.1, -0.05) is 17.7 Å². The number of rotatable bonds is 6. The number of aryl methyl sites for hydroxylation is 1. The average molecular weight is 428 g/mol. The highest BCUT2D eigenvalue weighted by molar-refractivity contribution is 6.31. The van der Waals surface area contributed by atoms with E-state index in [1.165, 1.54) is 6.07 Å². The third-order valence-corrected chi connectivity index (χ3v) is 5.71. The minimum absolute atomic E-state index is 0.251. The van der Waals surface area contributed by atoms with Crippen LogP contribution in [0.15, 0.2) is 48.9 Å². The molecule has 0 unspecified atom stereocenters. The Balaban J connectivity index is 1.58. The topological polar surface area (TPSA) is 63.1 Å². The third kappa shape index (κ3) is 4.22. The number of aromatic nitrogens is 3. The summed E-state index contributed by atoms with van der Waals surface area (Å²) in [6.45, 7) is 1.94. The van der Waals surface area contributed by atoms with Gasteiger partial charge in [0.1, 0.15) is 11.5 Å². The molecule has 3 aromatic rings. The Labute approximate surface area is 179 Å². The van der Waals surface area contributed by atoms with Gasteiger partial charge in [0.05, 0.1) is 11.6 Å². The first-order chi connectivity index (χ1) is 14.5. The zero-order valence-electron chi connectivity index (χ0n) is 16.7. The Bertz CT molecular complexity index is 1010. The molecule has 0 aliphatic carbocycles. The van der Waals surface area contributed by atoms with Gasteiger partial charge in [0.2, 0.25) is 0 Å². The van der Waals surface area contributed by atoms with Crippen molar-refractivity contribution in [2.75, 3.05) is 19.6 Å². The summed E-state index contributed by atoms with van der Waals surface area (Å²) in [5.74, 6) is -0.621. The second-order valence-electron chi connectivity index (χ2n) is 7.41. The second-order valence-corrected chi connectivity index (χ2v) is 7.82. The van der Waals surface area contributed by atoms with Crippen molar-refractivity contribution in [3.05, 3.63) is 70.9 Å². The Morgan fingerprint density at radius 3 is 2.77 bits per heavy atom. The van der Waals surface area contributed by atoms with Gasteiger partial charge in [-0.15, -0.1) is 0 Å². The van der Waals surface area contributed by atoms with Crippen LogP contribution in [0.2, 0.25) is 5.02 Å². The standard InChI is InChI=1S/C22H23ClFN5O/c1-28-14-16(21(27-28)15-6-5-9-25-12-15)22(30)26-13-19(29-10-2-3-11-29)20-17(23)7-4-8-18(20)24/h4-9,12,14,19H,2-3,10-11,13H2,1H3,(H,26,30)/t19-/m1/s1. The SMILES string of the molecule is Cn1cc(C(=O)NC[C@H](c2c(F)cccc2Cl)N2CCCC2)c(-c2cccnc2)n1. The molecule has 3 heterocycles. The molecule has 30 heavy (non-hydrogen) atoms. The summed E-state index contributed by atoms with van der Waals surface area (Å²) in [6.07, 6.45) is 7.11. The Morgan fingerprint density at radius 2 is 2.07 bits per heavy atom. The number of hydrogen-bond donors (Lipinski definition) is 1. The average Bonchev–Trinajstić information content (AvgIpc) is 3.40. The monoisotopic (exact) mass is 427 g/mol. The van der Waals surface area contributed by atoms with Crippen molar-refractivity contribution >= 4 is 17.5 Å². The lowest BCUT2D eigenvalue weighted by atomic mass is 10.0. The van der Waals surface area contributed by atoms with E-state index >= 15 is 0 Å². The number of likely N-dealkylation sites (tertiary alicyclic amines) is 1. The van der Waals surface area contributed by atoms with Crippen molar-refractivity contribution in [1.82, 2.24) is 25.0 Å². The summed E-state index contributed by atoms with van der Waals surface area (Å²) >= 11 is 6.34. The lowest BCUT2D eigenvalue weighted by Crippen LogP contribution is -2.37. The smallest absolute Gasteiger partial charge is 0.255 e. The predicted octanol–water partition coefficient (Wildman–Crippen LogP) is 3.84. The first kappa shape index (κ1) is 20.5. The Morgan fingerprint density at radius 1 is 1.27 bits per heavy atom. The minimum Gasteiger partial charge on any atom is -0.350 e. The van der Waals surface area contributed by atoms with Crippen molar-refractivity contribution < 1.29 is 9.18 Å². The highest BCUT2D eigenvalue weighted by Gasteiger charge is 2.28. The number of amides is 1. The van der Waals surface area contributed by atoms with Gasteiger partial charge < -0.3 is 5.32 Å². The number of pyridine rings is 1. The van der Waals surface area contributed by atoms with Gasteiger partial charge in [-0.2, -0.15) is 5.10 Å². The first-order valence-electron chi connectivity index (χ1n) is 9.95. The Hall–Kier alpha value is -2.77. The summed E-state index contributed by atoms with van der Waals surface area (Å²) in [7, 11) is 1.77. The van der Waals surface area contributed by atoms with Gasteiger partial charge in [0.15, 0.2) is 0 Å². The van der Waals surface area contributed by atoms with Gasteiger partial charge in [-0.25, -0.2) is 4.39 Å². The van der Waals surface area contributed by atoms with Crippen LogP contribution in [-0.4, -0.2) is 45.2 Å². The van der Waals surface area contributed by atoms with E-state index in [4.69, 9.17) is 11.6 Å². The van der Waals surface area contributed by atoms with Crippen molar-refractivity contribution in [3.8, 4) is 11.3 Å². The fraction of sp³-hybridized carbons (Fsp3) is 0.318. The summed E-state index contributed by atoms with van der Waals surface area (Å²) in [5, 5.41) is 7.76. The zero-order valence-corrected chi connectivity index (χ0v) is 17.4. The lowest BCUT2D eigenvalue weighted by molar-refractivity contribution is 0.0937. The van der Waals surface area contributed by atoms with E-state index in [0.29, 0.717) is 21.8 Å². The van der Waals surface area contributed by atoms with Crippen LogP contribution in [0.3, 0.4) is 0 Å². The molecule has 156 valence electrons. The van der Waals surface area contributed by atoms with Crippen LogP contribution in [0.4, 0.5) is 4.39 Å². The fourth-order valence-corrected chi connectivity index (χ4v) is 4.24. The number of halogens is 2.